The molecule has 19 heavy (non-hydrogen) atoms. The highest BCUT2D eigenvalue weighted by atomic mass is 16.5. The van der Waals surface area contributed by atoms with Gasteiger partial charge in [0.1, 0.15) is 11.6 Å². The van der Waals surface area contributed by atoms with Crippen molar-refractivity contribution in [3.63, 3.8) is 0 Å². The van der Waals surface area contributed by atoms with E-state index in [9.17, 15) is 9.90 Å². The summed E-state index contributed by atoms with van der Waals surface area (Å²) in [7, 11) is 1.30. The van der Waals surface area contributed by atoms with Crippen LogP contribution in [0, 0.1) is 0 Å². The van der Waals surface area contributed by atoms with Gasteiger partial charge in [-0.2, -0.15) is 0 Å². The van der Waals surface area contributed by atoms with Crippen LogP contribution in [0.4, 0.5) is 0 Å². The Morgan fingerprint density at radius 2 is 2.21 bits per heavy atom. The minimum Gasteiger partial charge on any atom is -0.468 e. The number of esters is 1. The molecule has 0 saturated heterocycles. The predicted molar refractivity (Wildman–Crippen MR) is 70.5 cm³/mol. The Labute approximate surface area is 111 Å². The number of furan rings is 1. The number of hydrogen-bond acceptors (Lipinski definition) is 5. The maximum absolute atomic E-state index is 11.5. The number of benzene rings is 1. The first-order valence-electron chi connectivity index (χ1n) is 6.08. The van der Waals surface area contributed by atoms with Crippen molar-refractivity contribution >= 4 is 16.9 Å². The second kappa shape index (κ2) is 5.86. The Bertz CT molecular complexity index is 561. The second-order valence-electron chi connectivity index (χ2n) is 4.38. The molecule has 0 unspecified atom stereocenters. The third-order valence-electron chi connectivity index (χ3n) is 3.01. The van der Waals surface area contributed by atoms with E-state index in [0.29, 0.717) is 6.54 Å². The van der Waals surface area contributed by atoms with Crippen LogP contribution in [-0.4, -0.2) is 30.3 Å². The number of aliphatic hydroxyl groups is 1. The topological polar surface area (TPSA) is 71.7 Å². The third-order valence-corrected chi connectivity index (χ3v) is 3.01. The van der Waals surface area contributed by atoms with Gasteiger partial charge < -0.3 is 14.3 Å². The molecule has 0 aliphatic rings. The van der Waals surface area contributed by atoms with E-state index in [1.54, 1.807) is 13.2 Å². The Hall–Kier alpha value is -1.85. The van der Waals surface area contributed by atoms with Crippen LogP contribution in [0.3, 0.4) is 0 Å². The maximum atomic E-state index is 11.5. The van der Waals surface area contributed by atoms with E-state index in [4.69, 9.17) is 4.42 Å². The molecule has 0 aliphatic heterocycles. The summed E-state index contributed by atoms with van der Waals surface area (Å²) in [5, 5.41) is 13.5. The largest absolute Gasteiger partial charge is 0.468 e. The molecule has 5 heteroatoms. The molecular formula is C14H17NO4. The summed E-state index contributed by atoms with van der Waals surface area (Å²) in [5.74, 6) is -0.484. The zero-order valence-corrected chi connectivity index (χ0v) is 10.9. The van der Waals surface area contributed by atoms with Gasteiger partial charge in [-0.05, 0) is 13.0 Å². The number of carbonyl (C=O) groups excluding carboxylic acids is 1. The van der Waals surface area contributed by atoms with Crippen LogP contribution in [-0.2, 0) is 16.1 Å². The van der Waals surface area contributed by atoms with Gasteiger partial charge in [-0.15, -0.1) is 0 Å². The first kappa shape index (κ1) is 13.6. The summed E-state index contributed by atoms with van der Waals surface area (Å²) in [5.41, 5.74) is 1.73. The minimum atomic E-state index is -0.828. The molecule has 0 bridgehead atoms. The normalized spacial score (nSPS) is 14.3. The highest BCUT2D eigenvalue weighted by Gasteiger charge is 2.24. The lowest BCUT2D eigenvalue weighted by molar-refractivity contribution is -0.145. The molecule has 1 heterocycles. The smallest absolute Gasteiger partial charge is 0.325 e. The average Bonchev–Trinajstić information content (AvgIpc) is 2.82. The number of methoxy groups -OCH3 is 1. The van der Waals surface area contributed by atoms with Gasteiger partial charge in [0.25, 0.3) is 0 Å². The van der Waals surface area contributed by atoms with Gasteiger partial charge in [0, 0.05) is 17.5 Å². The number of hydrogen-bond donors (Lipinski definition) is 2. The zero-order valence-electron chi connectivity index (χ0n) is 10.9. The molecule has 2 N–H and O–H groups in total. The highest BCUT2D eigenvalue weighted by Crippen LogP contribution is 2.20. The van der Waals surface area contributed by atoms with E-state index in [-0.39, 0.29) is 0 Å². The number of aliphatic hydroxyl groups excluding tert-OH is 1. The van der Waals surface area contributed by atoms with Gasteiger partial charge >= 0.3 is 5.97 Å². The molecule has 5 nitrogen and oxygen atoms in total. The summed E-state index contributed by atoms with van der Waals surface area (Å²) in [4.78, 5) is 11.5. The number of carbonyl (C=O) groups is 1. The summed E-state index contributed by atoms with van der Waals surface area (Å²) in [6, 6.07) is 6.90. The monoisotopic (exact) mass is 263 g/mol. The summed E-state index contributed by atoms with van der Waals surface area (Å²) >= 11 is 0. The van der Waals surface area contributed by atoms with Crippen molar-refractivity contribution in [2.75, 3.05) is 7.11 Å². The van der Waals surface area contributed by atoms with Crippen molar-refractivity contribution in [2.45, 2.75) is 25.6 Å². The fourth-order valence-corrected chi connectivity index (χ4v) is 1.97. The van der Waals surface area contributed by atoms with Crippen LogP contribution in [0.15, 0.2) is 34.9 Å². The molecule has 2 atom stereocenters. The maximum Gasteiger partial charge on any atom is 0.325 e. The molecule has 0 spiro atoms. The van der Waals surface area contributed by atoms with E-state index < -0.39 is 18.1 Å². The third kappa shape index (κ3) is 2.94. The number of para-hydroxylation sites is 1. The van der Waals surface area contributed by atoms with Crippen LogP contribution < -0.4 is 5.32 Å². The van der Waals surface area contributed by atoms with E-state index in [0.717, 1.165) is 16.5 Å². The van der Waals surface area contributed by atoms with Gasteiger partial charge in [0.15, 0.2) is 0 Å². The lowest BCUT2D eigenvalue weighted by Crippen LogP contribution is -2.45. The van der Waals surface area contributed by atoms with Crippen LogP contribution in [0.1, 0.15) is 12.5 Å². The Kier molecular flexibility index (Phi) is 4.19. The van der Waals surface area contributed by atoms with E-state index in [2.05, 4.69) is 10.1 Å². The Morgan fingerprint density at radius 3 is 2.89 bits per heavy atom. The van der Waals surface area contributed by atoms with E-state index in [1.165, 1.54) is 7.11 Å². The van der Waals surface area contributed by atoms with Crippen molar-refractivity contribution in [3.8, 4) is 0 Å². The molecule has 2 rings (SSSR count). The number of rotatable bonds is 5. The van der Waals surface area contributed by atoms with Crippen molar-refractivity contribution in [1.82, 2.24) is 5.32 Å². The van der Waals surface area contributed by atoms with Crippen LogP contribution >= 0.6 is 0 Å². The van der Waals surface area contributed by atoms with E-state index in [1.807, 2.05) is 24.3 Å². The molecule has 0 radical (unpaired) electrons. The minimum absolute atomic E-state index is 0.418. The molecule has 0 fully saturated rings. The first-order valence-corrected chi connectivity index (χ1v) is 6.08. The first-order chi connectivity index (χ1) is 9.13. The molecule has 0 saturated carbocycles. The zero-order chi connectivity index (χ0) is 13.8. The molecule has 0 amide bonds. The lowest BCUT2D eigenvalue weighted by Gasteiger charge is -2.18. The molecule has 2 aromatic rings. The summed E-state index contributed by atoms with van der Waals surface area (Å²) in [6.45, 7) is 1.96. The Balaban J connectivity index is 2.11. The molecule has 1 aromatic carbocycles. The van der Waals surface area contributed by atoms with Gasteiger partial charge in [-0.3, -0.25) is 10.1 Å². The number of ether oxygens (including phenoxy) is 1. The van der Waals surface area contributed by atoms with Crippen molar-refractivity contribution in [2.24, 2.45) is 0 Å². The van der Waals surface area contributed by atoms with Crippen molar-refractivity contribution in [1.29, 1.82) is 0 Å². The van der Waals surface area contributed by atoms with Crippen molar-refractivity contribution < 1.29 is 19.1 Å². The SMILES string of the molecule is COC(=O)[C@H](NCc1coc2ccccc12)[C@@H](C)O. The second-order valence-corrected chi connectivity index (χ2v) is 4.38. The molecule has 1 aromatic heterocycles. The molecular weight excluding hydrogens is 246 g/mol. The van der Waals surface area contributed by atoms with Crippen molar-refractivity contribution in [3.05, 3.63) is 36.1 Å². The fourth-order valence-electron chi connectivity index (χ4n) is 1.97. The summed E-state index contributed by atoms with van der Waals surface area (Å²) in [6.07, 6.45) is 0.819. The lowest BCUT2D eigenvalue weighted by atomic mass is 10.1. The fraction of sp³-hybridized carbons (Fsp3) is 0.357. The number of fused-ring (bicyclic) bond motifs is 1. The highest BCUT2D eigenvalue weighted by molar-refractivity contribution is 5.81. The van der Waals surface area contributed by atoms with Crippen LogP contribution in [0.5, 0.6) is 0 Å². The van der Waals surface area contributed by atoms with Gasteiger partial charge in [-0.1, -0.05) is 18.2 Å². The van der Waals surface area contributed by atoms with Crippen LogP contribution in [0.2, 0.25) is 0 Å². The van der Waals surface area contributed by atoms with Gasteiger partial charge in [0.05, 0.1) is 19.5 Å². The van der Waals surface area contributed by atoms with E-state index >= 15 is 0 Å². The Morgan fingerprint density at radius 1 is 1.47 bits per heavy atom. The van der Waals surface area contributed by atoms with Gasteiger partial charge in [0.2, 0.25) is 0 Å². The summed E-state index contributed by atoms with van der Waals surface area (Å²) < 4.78 is 10.1. The average molecular weight is 263 g/mol. The quantitative estimate of drug-likeness (QED) is 0.799. The van der Waals surface area contributed by atoms with Gasteiger partial charge in [-0.25, -0.2) is 0 Å². The standard InChI is InChI=1S/C14H17NO4/c1-9(16)13(14(17)18-2)15-7-10-8-19-12-6-4-3-5-11(10)12/h3-6,8-9,13,15-16H,7H2,1-2H3/t9-,13-/m1/s1. The van der Waals surface area contributed by atoms with Crippen LogP contribution in [0.25, 0.3) is 11.0 Å². The molecule has 102 valence electrons. The molecule has 0 aliphatic carbocycles. The number of nitrogens with one attached hydrogen (secondary N) is 1. The predicted octanol–water partition coefficient (Wildman–Crippen LogP) is 1.44.